The number of aromatic carboxylic acids is 1. The number of carboxylic acids is 1. The Kier molecular flexibility index (Phi) is 2.81. The molecular weight excluding hydrogens is 256 g/mol. The fourth-order valence-corrected chi connectivity index (χ4v) is 1.48. The Morgan fingerprint density at radius 2 is 2.12 bits per heavy atom. The minimum Gasteiger partial charge on any atom is -0.475 e. The molecule has 0 amide bonds. The molecule has 1 N–H and O–H groups in total. The van der Waals surface area contributed by atoms with Gasteiger partial charge in [0.1, 0.15) is 5.69 Å². The van der Waals surface area contributed by atoms with Crippen molar-refractivity contribution in [2.75, 3.05) is 0 Å². The van der Waals surface area contributed by atoms with Gasteiger partial charge in [0.05, 0.1) is 5.02 Å². The number of rotatable bonds is 2. The Morgan fingerprint density at radius 3 is 2.71 bits per heavy atom. The molecule has 4 nitrogen and oxygen atoms in total. The van der Waals surface area contributed by atoms with Crippen molar-refractivity contribution in [2.24, 2.45) is 0 Å². The first-order valence-corrected chi connectivity index (χ1v) is 4.72. The molecule has 0 atom stereocenters. The van der Waals surface area contributed by atoms with E-state index >= 15 is 0 Å². The second-order valence-electron chi connectivity index (χ2n) is 3.10. The summed E-state index contributed by atoms with van der Waals surface area (Å²) in [5, 5.41) is 11.5. The minimum absolute atomic E-state index is 0.0197. The molecule has 0 fully saturated rings. The molecule has 0 aliphatic rings. The standard InChI is InChI=1S/C10H4ClF2NO3/c11-8-4(1-2-5(12)9(8)13)6-3-7(10(15)16)17-14-6/h1-3H,(H,15,16). The number of halogens is 3. The number of aromatic nitrogens is 1. The summed E-state index contributed by atoms with van der Waals surface area (Å²) in [5.41, 5.74) is 0.0770. The first-order chi connectivity index (χ1) is 8.00. The molecule has 0 saturated carbocycles. The van der Waals surface area contributed by atoms with Crippen LogP contribution in [0.15, 0.2) is 22.7 Å². The Balaban J connectivity index is 2.53. The molecule has 0 unspecified atom stereocenters. The van der Waals surface area contributed by atoms with E-state index in [-0.39, 0.29) is 11.3 Å². The lowest BCUT2D eigenvalue weighted by atomic mass is 10.1. The van der Waals surface area contributed by atoms with Gasteiger partial charge in [-0.2, -0.15) is 0 Å². The first kappa shape index (κ1) is 11.5. The largest absolute Gasteiger partial charge is 0.475 e. The van der Waals surface area contributed by atoms with E-state index in [1.807, 2.05) is 0 Å². The normalized spacial score (nSPS) is 10.5. The zero-order chi connectivity index (χ0) is 12.6. The second kappa shape index (κ2) is 4.14. The SMILES string of the molecule is O=C(O)c1cc(-c2ccc(F)c(F)c2Cl)no1. The summed E-state index contributed by atoms with van der Waals surface area (Å²) in [6, 6.07) is 3.12. The molecule has 88 valence electrons. The van der Waals surface area contributed by atoms with Gasteiger partial charge in [-0.3, -0.25) is 0 Å². The fraction of sp³-hybridized carbons (Fsp3) is 0. The van der Waals surface area contributed by atoms with Crippen LogP contribution >= 0.6 is 11.6 Å². The molecule has 0 spiro atoms. The van der Waals surface area contributed by atoms with E-state index in [1.54, 1.807) is 0 Å². The quantitative estimate of drug-likeness (QED) is 0.842. The molecule has 0 radical (unpaired) electrons. The summed E-state index contributed by atoms with van der Waals surface area (Å²) in [4.78, 5) is 10.6. The third-order valence-electron chi connectivity index (χ3n) is 2.03. The summed E-state index contributed by atoms with van der Waals surface area (Å²) in [6.45, 7) is 0. The predicted octanol–water partition coefficient (Wildman–Crippen LogP) is 2.97. The van der Waals surface area contributed by atoms with Gasteiger partial charge < -0.3 is 9.63 Å². The Hall–Kier alpha value is -1.95. The van der Waals surface area contributed by atoms with E-state index in [2.05, 4.69) is 9.68 Å². The minimum atomic E-state index is -1.32. The highest BCUT2D eigenvalue weighted by atomic mass is 35.5. The summed E-state index contributed by atoms with van der Waals surface area (Å²) < 4.78 is 30.5. The van der Waals surface area contributed by atoms with E-state index in [4.69, 9.17) is 16.7 Å². The molecular formula is C10H4ClF2NO3. The van der Waals surface area contributed by atoms with E-state index in [9.17, 15) is 13.6 Å². The third-order valence-corrected chi connectivity index (χ3v) is 2.40. The van der Waals surface area contributed by atoms with Gasteiger partial charge in [-0.05, 0) is 12.1 Å². The molecule has 1 heterocycles. The summed E-state index contributed by atoms with van der Waals surface area (Å²) in [5.74, 6) is -4.05. The smallest absolute Gasteiger partial charge is 0.374 e. The summed E-state index contributed by atoms with van der Waals surface area (Å²) >= 11 is 5.58. The number of carboxylic acid groups (broad SMARTS) is 1. The first-order valence-electron chi connectivity index (χ1n) is 4.34. The van der Waals surface area contributed by atoms with Crippen molar-refractivity contribution < 1.29 is 23.2 Å². The molecule has 0 aliphatic heterocycles. The second-order valence-corrected chi connectivity index (χ2v) is 3.48. The van der Waals surface area contributed by atoms with Crippen LogP contribution in [0.5, 0.6) is 0 Å². The lowest BCUT2D eigenvalue weighted by Gasteiger charge is -2.01. The fourth-order valence-electron chi connectivity index (χ4n) is 1.23. The van der Waals surface area contributed by atoms with Crippen LogP contribution in [0.3, 0.4) is 0 Å². The third kappa shape index (κ3) is 1.99. The van der Waals surface area contributed by atoms with E-state index in [0.29, 0.717) is 0 Å². The van der Waals surface area contributed by atoms with Crippen molar-refractivity contribution in [3.8, 4) is 11.3 Å². The Labute approximate surface area is 98.4 Å². The van der Waals surface area contributed by atoms with Crippen LogP contribution in [0.25, 0.3) is 11.3 Å². The van der Waals surface area contributed by atoms with Crippen molar-refractivity contribution in [1.82, 2.24) is 5.16 Å². The monoisotopic (exact) mass is 259 g/mol. The lowest BCUT2D eigenvalue weighted by Crippen LogP contribution is -1.92. The number of hydrogen-bond acceptors (Lipinski definition) is 3. The molecule has 0 aliphatic carbocycles. The van der Waals surface area contributed by atoms with Crippen LogP contribution in [0, 0.1) is 11.6 Å². The summed E-state index contributed by atoms with van der Waals surface area (Å²) in [6.07, 6.45) is 0. The van der Waals surface area contributed by atoms with Gasteiger partial charge in [0.15, 0.2) is 11.6 Å². The van der Waals surface area contributed by atoms with Crippen molar-refractivity contribution in [1.29, 1.82) is 0 Å². The van der Waals surface area contributed by atoms with Crippen LogP contribution in [-0.2, 0) is 0 Å². The molecule has 0 bridgehead atoms. The lowest BCUT2D eigenvalue weighted by molar-refractivity contribution is 0.0652. The van der Waals surface area contributed by atoms with Crippen molar-refractivity contribution in [3.63, 3.8) is 0 Å². The van der Waals surface area contributed by atoms with E-state index in [1.165, 1.54) is 6.07 Å². The predicted molar refractivity (Wildman–Crippen MR) is 53.8 cm³/mol. The maximum atomic E-state index is 13.2. The molecule has 17 heavy (non-hydrogen) atoms. The van der Waals surface area contributed by atoms with Crippen LogP contribution in [0.1, 0.15) is 10.6 Å². The molecule has 1 aromatic heterocycles. The van der Waals surface area contributed by atoms with Gasteiger partial charge in [0.2, 0.25) is 5.76 Å². The van der Waals surface area contributed by atoms with Crippen LogP contribution in [0.4, 0.5) is 8.78 Å². The zero-order valence-corrected chi connectivity index (χ0v) is 8.83. The number of carbonyl (C=O) groups is 1. The highest BCUT2D eigenvalue weighted by Gasteiger charge is 2.18. The summed E-state index contributed by atoms with van der Waals surface area (Å²) in [7, 11) is 0. The molecule has 0 saturated heterocycles. The van der Waals surface area contributed by atoms with Gasteiger partial charge in [-0.25, -0.2) is 13.6 Å². The van der Waals surface area contributed by atoms with Gasteiger partial charge in [-0.1, -0.05) is 16.8 Å². The van der Waals surface area contributed by atoms with Gasteiger partial charge in [0.25, 0.3) is 0 Å². The van der Waals surface area contributed by atoms with E-state index in [0.717, 1.165) is 12.1 Å². The molecule has 2 rings (SSSR count). The van der Waals surface area contributed by atoms with Gasteiger partial charge >= 0.3 is 5.97 Å². The van der Waals surface area contributed by atoms with Crippen molar-refractivity contribution >= 4 is 17.6 Å². The maximum absolute atomic E-state index is 13.2. The topological polar surface area (TPSA) is 63.3 Å². The average molecular weight is 260 g/mol. The number of hydrogen-bond donors (Lipinski definition) is 1. The van der Waals surface area contributed by atoms with Crippen molar-refractivity contribution in [2.45, 2.75) is 0 Å². The van der Waals surface area contributed by atoms with Crippen molar-refractivity contribution in [3.05, 3.63) is 40.6 Å². The molecule has 1 aromatic carbocycles. The zero-order valence-electron chi connectivity index (χ0n) is 8.08. The van der Waals surface area contributed by atoms with Crippen LogP contribution in [-0.4, -0.2) is 16.2 Å². The van der Waals surface area contributed by atoms with Gasteiger partial charge in [-0.15, -0.1) is 0 Å². The number of benzene rings is 1. The van der Waals surface area contributed by atoms with Crippen LogP contribution < -0.4 is 0 Å². The molecule has 2 aromatic rings. The number of nitrogens with zero attached hydrogens (tertiary/aromatic N) is 1. The average Bonchev–Trinajstić information content (AvgIpc) is 2.75. The highest BCUT2D eigenvalue weighted by Crippen LogP contribution is 2.30. The Bertz CT molecular complexity index is 597. The van der Waals surface area contributed by atoms with Gasteiger partial charge in [0, 0.05) is 11.6 Å². The molecule has 7 heteroatoms. The highest BCUT2D eigenvalue weighted by molar-refractivity contribution is 6.33. The maximum Gasteiger partial charge on any atom is 0.374 e. The van der Waals surface area contributed by atoms with Crippen LogP contribution in [0.2, 0.25) is 5.02 Å². The Morgan fingerprint density at radius 1 is 1.41 bits per heavy atom. The van der Waals surface area contributed by atoms with E-state index < -0.39 is 28.4 Å².